The Hall–Kier alpha value is -3.22. The van der Waals surface area contributed by atoms with Crippen molar-refractivity contribution >= 4 is 17.8 Å². The molecule has 2 rings (SSSR count). The van der Waals surface area contributed by atoms with Crippen LogP contribution in [0.5, 0.6) is 0 Å². The molecule has 34 heavy (non-hydrogen) atoms. The van der Waals surface area contributed by atoms with Crippen LogP contribution in [0.2, 0.25) is 0 Å². The first-order valence-corrected chi connectivity index (χ1v) is 11.7. The number of amides is 1. The number of alkyl carbamates (subject to hydrolysis) is 1. The van der Waals surface area contributed by atoms with Crippen LogP contribution in [0.3, 0.4) is 0 Å². The lowest BCUT2D eigenvalue weighted by Gasteiger charge is -2.25. The Balaban J connectivity index is 1.92. The van der Waals surface area contributed by atoms with Gasteiger partial charge in [0.05, 0.1) is 11.5 Å². The zero-order chi connectivity index (χ0) is 25.3. The predicted molar refractivity (Wildman–Crippen MR) is 129 cm³/mol. The molecule has 0 spiro atoms. The first-order chi connectivity index (χ1) is 15.9. The fraction of sp³-hybridized carbons (Fsp3) is 0.481. The first kappa shape index (κ1) is 27.0. The molecular formula is C27H37N2O5+. The molecule has 1 aromatic carbocycles. The maximum absolute atomic E-state index is 12.9. The van der Waals surface area contributed by atoms with E-state index in [4.69, 9.17) is 9.47 Å². The summed E-state index contributed by atoms with van der Waals surface area (Å²) in [6.45, 7) is 11.1. The van der Waals surface area contributed by atoms with Crippen molar-refractivity contribution in [2.45, 2.75) is 72.8 Å². The lowest BCUT2D eigenvalue weighted by atomic mass is 9.89. The SMILES string of the molecule is CC(C)[C@H](CC(=O)c1ccc[n+](COC(=O)N[C@@H](C)Cc2ccccc2)c1)C(=O)OC(C)(C)C. The van der Waals surface area contributed by atoms with Gasteiger partial charge >= 0.3 is 12.1 Å². The molecule has 0 aliphatic heterocycles. The number of ketones is 1. The van der Waals surface area contributed by atoms with E-state index < -0.39 is 17.6 Å². The Labute approximate surface area is 202 Å². The lowest BCUT2D eigenvalue weighted by Crippen LogP contribution is -2.41. The number of carbonyl (C=O) groups is 3. The number of nitrogens with zero attached hydrogens (tertiary/aromatic N) is 1. The molecular weight excluding hydrogens is 432 g/mol. The fourth-order valence-electron chi connectivity index (χ4n) is 3.45. The van der Waals surface area contributed by atoms with Gasteiger partial charge in [0.1, 0.15) is 5.60 Å². The van der Waals surface area contributed by atoms with Crippen LogP contribution in [0.25, 0.3) is 0 Å². The molecule has 0 fully saturated rings. The van der Waals surface area contributed by atoms with E-state index in [0.29, 0.717) is 12.0 Å². The van der Waals surface area contributed by atoms with Crippen molar-refractivity contribution in [3.05, 3.63) is 66.0 Å². The average molecular weight is 470 g/mol. The highest BCUT2D eigenvalue weighted by molar-refractivity contribution is 5.97. The van der Waals surface area contributed by atoms with E-state index in [-0.39, 0.29) is 36.9 Å². The Morgan fingerprint density at radius 3 is 2.29 bits per heavy atom. The van der Waals surface area contributed by atoms with Gasteiger partial charge in [0.2, 0.25) is 0 Å². The molecule has 0 radical (unpaired) electrons. The second-order valence-corrected chi connectivity index (χ2v) is 9.91. The number of rotatable bonds is 10. The Morgan fingerprint density at radius 2 is 1.68 bits per heavy atom. The minimum atomic E-state index is -0.612. The Bertz CT molecular complexity index is 966. The molecule has 0 saturated carbocycles. The number of carbonyl (C=O) groups excluding carboxylic acids is 3. The van der Waals surface area contributed by atoms with Crippen molar-refractivity contribution in [3.8, 4) is 0 Å². The van der Waals surface area contributed by atoms with E-state index in [1.54, 1.807) is 29.1 Å². The van der Waals surface area contributed by atoms with E-state index in [1.807, 2.05) is 71.9 Å². The first-order valence-electron chi connectivity index (χ1n) is 11.7. The highest BCUT2D eigenvalue weighted by Gasteiger charge is 2.30. The number of nitrogens with one attached hydrogen (secondary N) is 1. The maximum Gasteiger partial charge on any atom is 0.412 e. The number of aromatic nitrogens is 1. The van der Waals surface area contributed by atoms with Gasteiger partial charge in [-0.3, -0.25) is 9.59 Å². The van der Waals surface area contributed by atoms with Gasteiger partial charge in [-0.15, -0.1) is 0 Å². The summed E-state index contributed by atoms with van der Waals surface area (Å²) in [4.78, 5) is 37.6. The van der Waals surface area contributed by atoms with Crippen LogP contribution >= 0.6 is 0 Å². The van der Waals surface area contributed by atoms with E-state index >= 15 is 0 Å². The van der Waals surface area contributed by atoms with Gasteiger partial charge in [0.15, 0.2) is 18.2 Å². The van der Waals surface area contributed by atoms with Crippen LogP contribution in [-0.2, 0) is 27.4 Å². The summed E-state index contributed by atoms with van der Waals surface area (Å²) < 4.78 is 12.4. The van der Waals surface area contributed by atoms with Gasteiger partial charge in [0.25, 0.3) is 6.73 Å². The zero-order valence-corrected chi connectivity index (χ0v) is 21.0. The molecule has 0 aliphatic carbocycles. The van der Waals surface area contributed by atoms with Crippen molar-refractivity contribution < 1.29 is 28.4 Å². The van der Waals surface area contributed by atoms with Crippen LogP contribution in [-0.4, -0.2) is 29.5 Å². The summed E-state index contributed by atoms with van der Waals surface area (Å²) >= 11 is 0. The summed E-state index contributed by atoms with van der Waals surface area (Å²) in [6, 6.07) is 13.2. The quantitative estimate of drug-likeness (QED) is 0.315. The van der Waals surface area contributed by atoms with Gasteiger partial charge in [-0.1, -0.05) is 44.2 Å². The van der Waals surface area contributed by atoms with E-state index in [2.05, 4.69) is 5.32 Å². The summed E-state index contributed by atoms with van der Waals surface area (Å²) in [5.74, 6) is -1.11. The summed E-state index contributed by atoms with van der Waals surface area (Å²) in [5, 5.41) is 2.81. The standard InChI is InChI=1S/C27H36N2O5/c1-19(2)23(25(31)34-27(4,5)6)16-24(30)22-13-10-14-29(17-22)18-33-26(32)28-20(3)15-21-11-8-7-9-12-21/h7-14,17,19-20,23H,15-16,18H2,1-6H3/p+1/t20-,23-/m0/s1. The van der Waals surface area contributed by atoms with E-state index in [9.17, 15) is 14.4 Å². The normalized spacial score (nSPS) is 13.1. The van der Waals surface area contributed by atoms with Crippen molar-refractivity contribution in [3.63, 3.8) is 0 Å². The molecule has 0 aliphatic rings. The second-order valence-electron chi connectivity index (χ2n) is 9.91. The number of Topliss-reactive ketones (excluding diaryl/α,β-unsaturated/α-hetero) is 1. The van der Waals surface area contributed by atoms with Gasteiger partial charge < -0.3 is 14.8 Å². The highest BCUT2D eigenvalue weighted by Crippen LogP contribution is 2.22. The second kappa shape index (κ2) is 12.3. The molecule has 1 aromatic heterocycles. The maximum atomic E-state index is 12.9. The van der Waals surface area contributed by atoms with E-state index in [0.717, 1.165) is 5.56 Å². The van der Waals surface area contributed by atoms with Crippen LogP contribution in [0.15, 0.2) is 54.9 Å². The van der Waals surface area contributed by atoms with Crippen molar-refractivity contribution in [1.29, 1.82) is 0 Å². The van der Waals surface area contributed by atoms with Crippen molar-refractivity contribution in [2.75, 3.05) is 0 Å². The minimum Gasteiger partial charge on any atom is -0.460 e. The molecule has 0 saturated heterocycles. The third kappa shape index (κ3) is 9.33. The Morgan fingerprint density at radius 1 is 1.00 bits per heavy atom. The number of hydrogen-bond donors (Lipinski definition) is 1. The fourth-order valence-corrected chi connectivity index (χ4v) is 3.45. The molecule has 0 unspecified atom stereocenters. The minimum absolute atomic E-state index is 0.0370. The van der Waals surface area contributed by atoms with Crippen LogP contribution in [0, 0.1) is 11.8 Å². The number of pyridine rings is 1. The smallest absolute Gasteiger partial charge is 0.412 e. The third-order valence-corrected chi connectivity index (χ3v) is 5.19. The summed E-state index contributed by atoms with van der Waals surface area (Å²) in [7, 11) is 0. The molecule has 7 nitrogen and oxygen atoms in total. The van der Waals surface area contributed by atoms with Crippen LogP contribution < -0.4 is 9.88 Å². The van der Waals surface area contributed by atoms with Gasteiger partial charge in [0, 0.05) is 18.5 Å². The number of hydrogen-bond acceptors (Lipinski definition) is 5. The van der Waals surface area contributed by atoms with Crippen LogP contribution in [0.1, 0.15) is 63.9 Å². The summed E-state index contributed by atoms with van der Waals surface area (Å²) in [5.41, 5.74) is 0.958. The topological polar surface area (TPSA) is 85.6 Å². The number of esters is 1. The molecule has 1 heterocycles. The van der Waals surface area contributed by atoms with Crippen molar-refractivity contribution in [1.82, 2.24) is 5.32 Å². The van der Waals surface area contributed by atoms with Gasteiger partial charge in [-0.2, -0.15) is 4.57 Å². The molecule has 2 atom stereocenters. The van der Waals surface area contributed by atoms with Gasteiger partial charge in [-0.25, -0.2) is 4.79 Å². The highest BCUT2D eigenvalue weighted by atomic mass is 16.6. The molecule has 7 heteroatoms. The molecule has 0 bridgehead atoms. The molecule has 1 amide bonds. The van der Waals surface area contributed by atoms with Crippen LogP contribution in [0.4, 0.5) is 4.79 Å². The number of ether oxygens (including phenoxy) is 2. The lowest BCUT2D eigenvalue weighted by molar-refractivity contribution is -0.727. The molecule has 2 aromatic rings. The predicted octanol–water partition coefficient (Wildman–Crippen LogP) is 4.48. The van der Waals surface area contributed by atoms with E-state index in [1.165, 1.54) is 0 Å². The van der Waals surface area contributed by atoms with Gasteiger partial charge in [-0.05, 0) is 51.7 Å². The third-order valence-electron chi connectivity index (χ3n) is 5.19. The molecule has 1 N–H and O–H groups in total. The number of benzene rings is 1. The largest absolute Gasteiger partial charge is 0.460 e. The average Bonchev–Trinajstić information content (AvgIpc) is 2.75. The summed E-state index contributed by atoms with van der Waals surface area (Å²) in [6.07, 6.45) is 3.55. The monoisotopic (exact) mass is 469 g/mol. The molecule has 184 valence electrons. The zero-order valence-electron chi connectivity index (χ0n) is 21.0. The Kier molecular flexibility index (Phi) is 9.78. The van der Waals surface area contributed by atoms with Crippen molar-refractivity contribution in [2.24, 2.45) is 11.8 Å².